The average molecular weight is 295 g/mol. The second kappa shape index (κ2) is 7.10. The van der Waals surface area contributed by atoms with Crippen LogP contribution in [0.5, 0.6) is 0 Å². The fourth-order valence-electron chi connectivity index (χ4n) is 2.59. The van der Waals surface area contributed by atoms with E-state index in [9.17, 15) is 9.59 Å². The molecule has 0 saturated heterocycles. The van der Waals surface area contributed by atoms with Crippen LogP contribution in [0.2, 0.25) is 0 Å². The molecule has 1 fully saturated rings. The molecule has 2 N–H and O–H groups in total. The number of nitrogens with one attached hydrogen (secondary N) is 1. The predicted octanol–water partition coefficient (Wildman–Crippen LogP) is 1.64. The van der Waals surface area contributed by atoms with E-state index in [0.29, 0.717) is 5.92 Å². The van der Waals surface area contributed by atoms with E-state index in [1.165, 1.54) is 11.1 Å². The summed E-state index contributed by atoms with van der Waals surface area (Å²) in [4.78, 5) is 23.0. The van der Waals surface area contributed by atoms with Crippen molar-refractivity contribution in [2.45, 2.75) is 51.3 Å². The van der Waals surface area contributed by atoms with Crippen LogP contribution in [0.25, 0.3) is 0 Å². The van der Waals surface area contributed by atoms with Crippen molar-refractivity contribution in [3.63, 3.8) is 0 Å². The summed E-state index contributed by atoms with van der Waals surface area (Å²) in [6, 6.07) is 1.74. The predicted molar refractivity (Wildman–Crippen MR) is 74.7 cm³/mol. The number of alkyl carbamates (subject to hydrolysis) is 1. The minimum absolute atomic E-state index is 0.00399. The first-order chi connectivity index (χ1) is 10.1. The number of hydrogen-bond acceptors (Lipinski definition) is 4. The molecular weight excluding hydrogens is 274 g/mol. The van der Waals surface area contributed by atoms with Gasteiger partial charge in [-0.1, -0.05) is 19.8 Å². The van der Waals surface area contributed by atoms with Crippen molar-refractivity contribution in [3.05, 3.63) is 18.5 Å². The second-order valence-electron chi connectivity index (χ2n) is 5.47. The number of aliphatic carboxylic acids is 1. The highest BCUT2D eigenvalue weighted by Gasteiger charge is 2.27. The van der Waals surface area contributed by atoms with E-state index >= 15 is 0 Å². The summed E-state index contributed by atoms with van der Waals surface area (Å²) < 4.78 is 6.45. The minimum Gasteiger partial charge on any atom is -0.478 e. The maximum atomic E-state index is 11.9. The van der Waals surface area contributed by atoms with E-state index in [1.807, 2.05) is 0 Å². The first kappa shape index (κ1) is 15.3. The Morgan fingerprint density at radius 1 is 1.48 bits per heavy atom. The van der Waals surface area contributed by atoms with Crippen molar-refractivity contribution in [1.29, 1.82) is 0 Å². The van der Waals surface area contributed by atoms with E-state index in [2.05, 4.69) is 17.3 Å². The van der Waals surface area contributed by atoms with Gasteiger partial charge in [0.1, 0.15) is 0 Å². The van der Waals surface area contributed by atoms with Gasteiger partial charge in [0.2, 0.25) is 6.10 Å². The Balaban J connectivity index is 1.87. The summed E-state index contributed by atoms with van der Waals surface area (Å²) in [6.07, 6.45) is 5.48. The van der Waals surface area contributed by atoms with Gasteiger partial charge in [-0.15, -0.1) is 0 Å². The Labute approximate surface area is 123 Å². The van der Waals surface area contributed by atoms with E-state index in [1.54, 1.807) is 18.5 Å². The van der Waals surface area contributed by atoms with E-state index in [-0.39, 0.29) is 12.6 Å². The summed E-state index contributed by atoms with van der Waals surface area (Å²) in [5.41, 5.74) is 0. The highest BCUT2D eigenvalue weighted by atomic mass is 16.6. The van der Waals surface area contributed by atoms with Crippen LogP contribution in [0.4, 0.5) is 4.79 Å². The lowest BCUT2D eigenvalue weighted by molar-refractivity contribution is -0.147. The van der Waals surface area contributed by atoms with Gasteiger partial charge in [0.25, 0.3) is 0 Å². The molecule has 0 radical (unpaired) electrons. The topological polar surface area (TPSA) is 93.5 Å². The van der Waals surface area contributed by atoms with Crippen LogP contribution in [-0.2, 0) is 16.1 Å². The number of carboxylic acids is 1. The number of rotatable bonds is 5. The highest BCUT2D eigenvalue weighted by Crippen LogP contribution is 2.23. The minimum atomic E-state index is -1.25. The zero-order valence-electron chi connectivity index (χ0n) is 12.1. The maximum absolute atomic E-state index is 11.9. The SMILES string of the molecule is CC1CCCCC1NC(=O)OC(Cn1cccn1)C(=O)O. The number of carboxylic acid groups (broad SMARTS) is 1. The first-order valence-electron chi connectivity index (χ1n) is 7.23. The Hall–Kier alpha value is -2.05. The Morgan fingerprint density at radius 3 is 2.86 bits per heavy atom. The van der Waals surface area contributed by atoms with Gasteiger partial charge in [0.05, 0.1) is 6.54 Å². The van der Waals surface area contributed by atoms with Crippen LogP contribution in [-0.4, -0.2) is 39.1 Å². The molecule has 1 aliphatic rings. The van der Waals surface area contributed by atoms with Crippen LogP contribution in [0.15, 0.2) is 18.5 Å². The van der Waals surface area contributed by atoms with Gasteiger partial charge in [0, 0.05) is 18.4 Å². The first-order valence-corrected chi connectivity index (χ1v) is 7.23. The van der Waals surface area contributed by atoms with Gasteiger partial charge in [0.15, 0.2) is 0 Å². The third-order valence-corrected chi connectivity index (χ3v) is 3.85. The number of amides is 1. The van der Waals surface area contributed by atoms with Crippen molar-refractivity contribution in [1.82, 2.24) is 15.1 Å². The summed E-state index contributed by atoms with van der Waals surface area (Å²) in [5, 5.41) is 15.8. The number of hydrogen-bond donors (Lipinski definition) is 2. The lowest BCUT2D eigenvalue weighted by atomic mass is 9.86. The summed E-state index contributed by atoms with van der Waals surface area (Å²) in [5.74, 6) is -0.793. The van der Waals surface area contributed by atoms with Gasteiger partial charge in [-0.25, -0.2) is 9.59 Å². The van der Waals surface area contributed by atoms with Crippen LogP contribution in [0, 0.1) is 5.92 Å². The Morgan fingerprint density at radius 2 is 2.24 bits per heavy atom. The van der Waals surface area contributed by atoms with Crippen LogP contribution in [0.3, 0.4) is 0 Å². The molecular formula is C14H21N3O4. The van der Waals surface area contributed by atoms with Crippen LogP contribution >= 0.6 is 0 Å². The number of ether oxygens (including phenoxy) is 1. The molecule has 116 valence electrons. The van der Waals surface area contributed by atoms with E-state index in [4.69, 9.17) is 9.84 Å². The standard InChI is InChI=1S/C14H21N3O4/c1-10-5-2-3-6-11(10)16-14(20)21-12(13(18)19)9-17-8-4-7-15-17/h4,7-8,10-12H,2-3,5-6,9H2,1H3,(H,16,20)(H,18,19). The third-order valence-electron chi connectivity index (χ3n) is 3.85. The fourth-order valence-corrected chi connectivity index (χ4v) is 2.59. The van der Waals surface area contributed by atoms with Gasteiger partial charge in [-0.05, 0) is 24.8 Å². The fraction of sp³-hybridized carbons (Fsp3) is 0.643. The Kier molecular flexibility index (Phi) is 5.19. The molecule has 1 aromatic heterocycles. The van der Waals surface area contributed by atoms with Gasteiger partial charge < -0.3 is 15.2 Å². The molecule has 7 nitrogen and oxygen atoms in total. The number of aromatic nitrogens is 2. The monoisotopic (exact) mass is 295 g/mol. The van der Waals surface area contributed by atoms with Gasteiger partial charge in [-0.2, -0.15) is 5.10 Å². The van der Waals surface area contributed by atoms with Crippen LogP contribution < -0.4 is 5.32 Å². The molecule has 1 heterocycles. The normalized spacial score (nSPS) is 23.3. The molecule has 3 unspecified atom stereocenters. The summed E-state index contributed by atoms with van der Waals surface area (Å²) in [7, 11) is 0. The van der Waals surface area contributed by atoms with Crippen molar-refractivity contribution < 1.29 is 19.4 Å². The molecule has 0 aromatic carbocycles. The molecule has 3 atom stereocenters. The molecule has 21 heavy (non-hydrogen) atoms. The molecule has 0 bridgehead atoms. The number of carbonyl (C=O) groups excluding carboxylic acids is 1. The van der Waals surface area contributed by atoms with Crippen LogP contribution in [0.1, 0.15) is 32.6 Å². The zero-order chi connectivity index (χ0) is 15.2. The van der Waals surface area contributed by atoms with E-state index < -0.39 is 18.2 Å². The molecule has 7 heteroatoms. The second-order valence-corrected chi connectivity index (χ2v) is 5.47. The summed E-state index contributed by atoms with van der Waals surface area (Å²) in [6.45, 7) is 2.08. The quantitative estimate of drug-likeness (QED) is 0.861. The molecule has 1 saturated carbocycles. The lowest BCUT2D eigenvalue weighted by Crippen LogP contribution is -2.44. The molecule has 1 aliphatic carbocycles. The maximum Gasteiger partial charge on any atom is 0.408 e. The largest absolute Gasteiger partial charge is 0.478 e. The van der Waals surface area contributed by atoms with Crippen molar-refractivity contribution in [3.8, 4) is 0 Å². The van der Waals surface area contributed by atoms with Gasteiger partial charge in [-0.3, -0.25) is 4.68 Å². The zero-order valence-corrected chi connectivity index (χ0v) is 12.1. The average Bonchev–Trinajstić information content (AvgIpc) is 2.93. The van der Waals surface area contributed by atoms with Gasteiger partial charge >= 0.3 is 12.1 Å². The number of nitrogens with zero attached hydrogens (tertiary/aromatic N) is 2. The van der Waals surface area contributed by atoms with Crippen molar-refractivity contribution >= 4 is 12.1 Å². The molecule has 1 amide bonds. The highest BCUT2D eigenvalue weighted by molar-refractivity contribution is 5.77. The lowest BCUT2D eigenvalue weighted by Gasteiger charge is -2.29. The number of carbonyl (C=O) groups is 2. The molecule has 1 aromatic rings. The van der Waals surface area contributed by atoms with Crippen molar-refractivity contribution in [2.75, 3.05) is 0 Å². The summed E-state index contributed by atoms with van der Waals surface area (Å²) >= 11 is 0. The molecule has 2 rings (SSSR count). The molecule has 0 aliphatic heterocycles. The Bertz CT molecular complexity index is 475. The van der Waals surface area contributed by atoms with Crippen molar-refractivity contribution in [2.24, 2.45) is 5.92 Å². The van der Waals surface area contributed by atoms with E-state index in [0.717, 1.165) is 19.3 Å². The third kappa shape index (κ3) is 4.47. The molecule has 0 spiro atoms. The smallest absolute Gasteiger partial charge is 0.408 e.